The fourth-order valence-electron chi connectivity index (χ4n) is 3.67. The smallest absolute Gasteiger partial charge is 0.273 e. The number of hydrogen-bond donors (Lipinski definition) is 1. The predicted molar refractivity (Wildman–Crippen MR) is 103 cm³/mol. The maximum absolute atomic E-state index is 13.3. The van der Waals surface area contributed by atoms with Gasteiger partial charge in [-0.1, -0.05) is 0 Å². The highest BCUT2D eigenvalue weighted by Gasteiger charge is 2.27. The molecule has 1 atom stereocenters. The van der Waals surface area contributed by atoms with Gasteiger partial charge in [-0.15, -0.1) is 0 Å². The fourth-order valence-corrected chi connectivity index (χ4v) is 3.67. The van der Waals surface area contributed by atoms with Gasteiger partial charge in [-0.2, -0.15) is 5.10 Å². The van der Waals surface area contributed by atoms with Crippen molar-refractivity contribution in [3.05, 3.63) is 47.3 Å². The lowest BCUT2D eigenvalue weighted by molar-refractivity contribution is 0.0738. The number of nitrogens with zero attached hydrogens (tertiary/aromatic N) is 7. The average Bonchev–Trinajstić information content (AvgIpc) is 3.13. The van der Waals surface area contributed by atoms with E-state index in [4.69, 9.17) is 0 Å². The lowest BCUT2D eigenvalue weighted by atomic mass is 10.2. The zero-order valence-corrected chi connectivity index (χ0v) is 16.4. The minimum Gasteiger partial charge on any atom is -0.385 e. The molecule has 3 aromatic rings. The van der Waals surface area contributed by atoms with E-state index < -0.39 is 6.10 Å². The molecule has 9 nitrogen and oxygen atoms in total. The third kappa shape index (κ3) is 3.38. The zero-order valence-electron chi connectivity index (χ0n) is 16.4. The molecule has 0 unspecified atom stereocenters. The van der Waals surface area contributed by atoms with Crippen molar-refractivity contribution in [1.29, 1.82) is 0 Å². The summed E-state index contributed by atoms with van der Waals surface area (Å²) in [5.41, 5.74) is 2.80. The third-order valence-corrected chi connectivity index (χ3v) is 4.98. The van der Waals surface area contributed by atoms with E-state index in [1.54, 1.807) is 16.7 Å². The predicted octanol–water partition coefficient (Wildman–Crippen LogP) is 0.875. The van der Waals surface area contributed by atoms with Crippen LogP contribution >= 0.6 is 0 Å². The molecule has 0 bridgehead atoms. The molecule has 28 heavy (non-hydrogen) atoms. The van der Waals surface area contributed by atoms with Crippen LogP contribution in [0.2, 0.25) is 0 Å². The first-order valence-electron chi connectivity index (χ1n) is 9.42. The maximum atomic E-state index is 13.3. The average molecular weight is 383 g/mol. The summed E-state index contributed by atoms with van der Waals surface area (Å²) in [6, 6.07) is 3.70. The van der Waals surface area contributed by atoms with Gasteiger partial charge in [0.1, 0.15) is 11.8 Å². The van der Waals surface area contributed by atoms with Gasteiger partial charge >= 0.3 is 0 Å². The molecule has 0 fully saturated rings. The normalized spacial score (nSPS) is 15.7. The van der Waals surface area contributed by atoms with Crippen LogP contribution in [-0.4, -0.2) is 72.1 Å². The molecule has 0 spiro atoms. The highest BCUT2D eigenvalue weighted by molar-refractivity contribution is 5.94. The minimum absolute atomic E-state index is 0.0666. The molecular weight excluding hydrogens is 358 g/mol. The lowest BCUT2D eigenvalue weighted by Crippen LogP contribution is -2.32. The second-order valence-electron chi connectivity index (χ2n) is 7.48. The van der Waals surface area contributed by atoms with Crippen LogP contribution < -0.4 is 0 Å². The van der Waals surface area contributed by atoms with E-state index in [2.05, 4.69) is 15.1 Å². The number of aromatic nitrogens is 5. The lowest BCUT2D eigenvalue weighted by Gasteiger charge is -2.20. The van der Waals surface area contributed by atoms with Crippen molar-refractivity contribution in [3.8, 4) is 0 Å². The molecule has 3 aromatic heterocycles. The Morgan fingerprint density at radius 2 is 2.18 bits per heavy atom. The zero-order chi connectivity index (χ0) is 19.8. The van der Waals surface area contributed by atoms with Gasteiger partial charge in [0.15, 0.2) is 0 Å². The molecule has 0 aromatic carbocycles. The largest absolute Gasteiger partial charge is 0.385 e. The Kier molecular flexibility index (Phi) is 4.86. The molecule has 1 aliphatic rings. The van der Waals surface area contributed by atoms with E-state index in [1.807, 2.05) is 47.8 Å². The van der Waals surface area contributed by atoms with Crippen LogP contribution in [0.5, 0.6) is 0 Å². The molecule has 1 amide bonds. The van der Waals surface area contributed by atoms with Crippen LogP contribution in [0.25, 0.3) is 5.78 Å². The first-order chi connectivity index (χ1) is 13.4. The molecule has 1 N–H and O–H groups in total. The quantitative estimate of drug-likeness (QED) is 0.719. The van der Waals surface area contributed by atoms with E-state index in [9.17, 15) is 9.90 Å². The van der Waals surface area contributed by atoms with Crippen LogP contribution in [0, 0.1) is 6.92 Å². The number of imidazole rings is 1. The Morgan fingerprint density at radius 1 is 1.36 bits per heavy atom. The monoisotopic (exact) mass is 383 g/mol. The van der Waals surface area contributed by atoms with Gasteiger partial charge in [0.2, 0.25) is 5.78 Å². The number of amides is 1. The topological polar surface area (TPSA) is 91.8 Å². The van der Waals surface area contributed by atoms with E-state index >= 15 is 0 Å². The van der Waals surface area contributed by atoms with Crippen LogP contribution in [-0.2, 0) is 13.1 Å². The van der Waals surface area contributed by atoms with Crippen molar-refractivity contribution in [2.45, 2.75) is 32.5 Å². The van der Waals surface area contributed by atoms with Gasteiger partial charge in [-0.3, -0.25) is 13.9 Å². The Bertz CT molecular complexity index is 1010. The summed E-state index contributed by atoms with van der Waals surface area (Å²) >= 11 is 0. The molecule has 1 aliphatic heterocycles. The summed E-state index contributed by atoms with van der Waals surface area (Å²) in [6.45, 7) is 4.16. The number of hydrogen-bond acceptors (Lipinski definition) is 6. The van der Waals surface area contributed by atoms with Crippen molar-refractivity contribution in [3.63, 3.8) is 0 Å². The number of aliphatic hydroxyl groups is 1. The highest BCUT2D eigenvalue weighted by Crippen LogP contribution is 2.21. The van der Waals surface area contributed by atoms with E-state index in [-0.39, 0.29) is 5.91 Å². The number of carbonyl (C=O) groups excluding carboxylic acids is 1. The Hall–Kier alpha value is -2.78. The van der Waals surface area contributed by atoms with Crippen LogP contribution in [0.1, 0.15) is 40.1 Å². The van der Waals surface area contributed by atoms with Crippen molar-refractivity contribution in [1.82, 2.24) is 33.9 Å². The molecule has 0 radical (unpaired) electrons. The van der Waals surface area contributed by atoms with Gasteiger partial charge in [0.25, 0.3) is 5.91 Å². The summed E-state index contributed by atoms with van der Waals surface area (Å²) in [4.78, 5) is 25.7. The Balaban J connectivity index is 1.61. The van der Waals surface area contributed by atoms with Crippen molar-refractivity contribution in [2.24, 2.45) is 0 Å². The molecular formula is C19H25N7O2. The molecule has 0 saturated carbocycles. The second kappa shape index (κ2) is 7.33. The summed E-state index contributed by atoms with van der Waals surface area (Å²) in [7, 11) is 3.83. The summed E-state index contributed by atoms with van der Waals surface area (Å²) in [5, 5.41) is 14.9. The van der Waals surface area contributed by atoms with Crippen LogP contribution in [0.3, 0.4) is 0 Å². The van der Waals surface area contributed by atoms with Crippen molar-refractivity contribution in [2.75, 3.05) is 27.2 Å². The summed E-state index contributed by atoms with van der Waals surface area (Å²) < 4.78 is 3.65. The number of aliphatic hydroxyl groups excluding tert-OH is 1. The first-order valence-corrected chi connectivity index (χ1v) is 9.42. The molecule has 4 heterocycles. The number of aryl methyl sites for hydroxylation is 2. The number of carbonyl (C=O) groups is 1. The summed E-state index contributed by atoms with van der Waals surface area (Å²) in [5.74, 6) is 0.459. The highest BCUT2D eigenvalue weighted by atomic mass is 16.3. The number of likely N-dealkylation sites (N-methyl/N-ethyl adjacent to an activating group) is 1. The SMILES string of the molecule is Cc1nc2ncccn2c1C(=O)N1CCCn2nc([C@H](O)CN(C)C)cc2C1. The molecule has 148 valence electrons. The third-order valence-electron chi connectivity index (χ3n) is 4.98. The standard InChI is InChI=1S/C19H25N7O2/c1-13-17(25-8-4-6-20-19(25)21-13)18(28)24-7-5-9-26-14(11-24)10-15(22-26)16(27)12-23(2)3/h4,6,8,10,16,27H,5,7,9,11-12H2,1-3H3/t16-/m1/s1. The van der Waals surface area contributed by atoms with E-state index in [1.165, 1.54) is 0 Å². The van der Waals surface area contributed by atoms with E-state index in [0.717, 1.165) is 18.7 Å². The van der Waals surface area contributed by atoms with Crippen molar-refractivity contribution >= 4 is 11.7 Å². The molecule has 9 heteroatoms. The minimum atomic E-state index is -0.648. The number of fused-ring (bicyclic) bond motifs is 2. The Morgan fingerprint density at radius 3 is 2.96 bits per heavy atom. The van der Waals surface area contributed by atoms with Gasteiger partial charge < -0.3 is 14.9 Å². The van der Waals surface area contributed by atoms with Gasteiger partial charge in [-0.05, 0) is 39.6 Å². The van der Waals surface area contributed by atoms with E-state index in [0.29, 0.717) is 42.5 Å². The fraction of sp³-hybridized carbons (Fsp3) is 0.474. The molecule has 4 rings (SSSR count). The van der Waals surface area contributed by atoms with Gasteiger partial charge in [0, 0.05) is 32.0 Å². The van der Waals surface area contributed by atoms with Gasteiger partial charge in [0.05, 0.1) is 23.6 Å². The Labute approximate surface area is 163 Å². The summed E-state index contributed by atoms with van der Waals surface area (Å²) in [6.07, 6.45) is 3.64. The number of rotatable bonds is 4. The van der Waals surface area contributed by atoms with Crippen LogP contribution in [0.15, 0.2) is 24.5 Å². The second-order valence-corrected chi connectivity index (χ2v) is 7.48. The van der Waals surface area contributed by atoms with Gasteiger partial charge in [-0.25, -0.2) is 9.97 Å². The maximum Gasteiger partial charge on any atom is 0.273 e. The van der Waals surface area contributed by atoms with Crippen molar-refractivity contribution < 1.29 is 9.90 Å². The molecule has 0 saturated heterocycles. The van der Waals surface area contributed by atoms with Crippen LogP contribution in [0.4, 0.5) is 0 Å². The first kappa shape index (κ1) is 18.6. The molecule has 0 aliphatic carbocycles.